The van der Waals surface area contributed by atoms with Gasteiger partial charge >= 0.3 is 5.97 Å². The molecular formula is C12H12ClNO4. The quantitative estimate of drug-likeness (QED) is 0.821. The summed E-state index contributed by atoms with van der Waals surface area (Å²) in [5, 5.41) is 11.9. The molecule has 0 radical (unpaired) electrons. The number of carboxylic acids is 1. The van der Waals surface area contributed by atoms with Gasteiger partial charge in [0.15, 0.2) is 0 Å². The number of carboxylic acid groups (broad SMARTS) is 1. The van der Waals surface area contributed by atoms with E-state index in [0.29, 0.717) is 29.3 Å². The largest absolute Gasteiger partial charge is 0.495 e. The molecule has 1 aromatic rings. The number of ether oxygens (including phenoxy) is 1. The number of aliphatic carboxylic acids is 1. The van der Waals surface area contributed by atoms with Crippen LogP contribution >= 0.6 is 11.6 Å². The number of hydrogen-bond acceptors (Lipinski definition) is 3. The zero-order chi connectivity index (χ0) is 13.3. The van der Waals surface area contributed by atoms with Gasteiger partial charge in [-0.05, 0) is 31.0 Å². The number of anilines is 1. The predicted molar refractivity (Wildman–Crippen MR) is 65.9 cm³/mol. The molecule has 0 unspecified atom stereocenters. The summed E-state index contributed by atoms with van der Waals surface area (Å²) in [6.07, 6.45) is 0.746. The highest BCUT2D eigenvalue weighted by Gasteiger charge is 2.57. The third kappa shape index (κ3) is 2.13. The van der Waals surface area contributed by atoms with Gasteiger partial charge in [0.2, 0.25) is 5.91 Å². The van der Waals surface area contributed by atoms with Gasteiger partial charge in [0.1, 0.15) is 11.2 Å². The number of amides is 1. The van der Waals surface area contributed by atoms with E-state index in [2.05, 4.69) is 5.32 Å². The van der Waals surface area contributed by atoms with Crippen LogP contribution in [0.4, 0.5) is 5.69 Å². The fourth-order valence-electron chi connectivity index (χ4n) is 1.66. The van der Waals surface area contributed by atoms with Crippen molar-refractivity contribution in [1.82, 2.24) is 0 Å². The van der Waals surface area contributed by atoms with E-state index in [-0.39, 0.29) is 0 Å². The van der Waals surface area contributed by atoms with Crippen molar-refractivity contribution in [1.29, 1.82) is 0 Å². The molecule has 2 rings (SSSR count). The lowest BCUT2D eigenvalue weighted by Gasteiger charge is -2.11. The molecule has 0 aromatic heterocycles. The summed E-state index contributed by atoms with van der Waals surface area (Å²) in [5.41, 5.74) is -0.801. The lowest BCUT2D eigenvalue weighted by Crippen LogP contribution is -2.31. The maximum atomic E-state index is 11.8. The number of nitrogens with one attached hydrogen (secondary N) is 1. The Kier molecular flexibility index (Phi) is 3.17. The van der Waals surface area contributed by atoms with Gasteiger partial charge in [-0.3, -0.25) is 9.59 Å². The lowest BCUT2D eigenvalue weighted by atomic mass is 10.1. The van der Waals surface area contributed by atoms with E-state index in [0.717, 1.165) is 0 Å². The molecule has 18 heavy (non-hydrogen) atoms. The molecule has 1 amide bonds. The Labute approximate surface area is 109 Å². The molecule has 0 aliphatic heterocycles. The molecule has 1 aromatic carbocycles. The van der Waals surface area contributed by atoms with Crippen LogP contribution in [0, 0.1) is 5.41 Å². The number of rotatable bonds is 4. The van der Waals surface area contributed by atoms with Crippen LogP contribution in [-0.2, 0) is 9.59 Å². The Balaban J connectivity index is 2.13. The first-order valence-electron chi connectivity index (χ1n) is 5.38. The third-order valence-corrected chi connectivity index (χ3v) is 3.30. The van der Waals surface area contributed by atoms with E-state index in [1.54, 1.807) is 12.1 Å². The van der Waals surface area contributed by atoms with Gasteiger partial charge in [-0.2, -0.15) is 0 Å². The topological polar surface area (TPSA) is 75.6 Å². The number of carbonyl (C=O) groups excluding carboxylic acids is 1. The molecule has 0 saturated heterocycles. The summed E-state index contributed by atoms with van der Waals surface area (Å²) in [7, 11) is 1.49. The summed E-state index contributed by atoms with van der Waals surface area (Å²) in [5.74, 6) is -1.09. The molecule has 1 aliphatic rings. The van der Waals surface area contributed by atoms with Crippen molar-refractivity contribution in [3.8, 4) is 5.75 Å². The standard InChI is InChI=1S/C12H12ClNO4/c1-18-9-3-2-7(6-8(9)13)14-10(15)12(4-5-12)11(16)17/h2-3,6H,4-5H2,1H3,(H,14,15)(H,16,17). The molecule has 5 nitrogen and oxygen atoms in total. The zero-order valence-electron chi connectivity index (χ0n) is 9.70. The van der Waals surface area contributed by atoms with Gasteiger partial charge in [0, 0.05) is 5.69 Å². The van der Waals surface area contributed by atoms with Crippen molar-refractivity contribution in [2.75, 3.05) is 12.4 Å². The summed E-state index contributed by atoms with van der Waals surface area (Å²) in [6.45, 7) is 0. The van der Waals surface area contributed by atoms with E-state index in [1.807, 2.05) is 0 Å². The SMILES string of the molecule is COc1ccc(NC(=O)C2(C(=O)O)CC2)cc1Cl. The van der Waals surface area contributed by atoms with Crippen molar-refractivity contribution >= 4 is 29.2 Å². The van der Waals surface area contributed by atoms with Crippen LogP contribution in [0.3, 0.4) is 0 Å². The van der Waals surface area contributed by atoms with Crippen molar-refractivity contribution in [2.45, 2.75) is 12.8 Å². The van der Waals surface area contributed by atoms with E-state index < -0.39 is 17.3 Å². The first-order valence-corrected chi connectivity index (χ1v) is 5.76. The average Bonchev–Trinajstić information content (AvgIpc) is 3.10. The molecule has 96 valence electrons. The van der Waals surface area contributed by atoms with Crippen LogP contribution in [0.25, 0.3) is 0 Å². The first kappa shape index (κ1) is 12.7. The van der Waals surface area contributed by atoms with Crippen LogP contribution in [0.2, 0.25) is 5.02 Å². The molecule has 6 heteroatoms. The Hall–Kier alpha value is -1.75. The minimum Gasteiger partial charge on any atom is -0.495 e. The summed E-state index contributed by atoms with van der Waals surface area (Å²) in [4.78, 5) is 22.8. The molecular weight excluding hydrogens is 258 g/mol. The number of hydrogen-bond donors (Lipinski definition) is 2. The van der Waals surface area contributed by atoms with Crippen molar-refractivity contribution in [3.63, 3.8) is 0 Å². The van der Waals surface area contributed by atoms with Gasteiger partial charge < -0.3 is 15.2 Å². The molecule has 0 atom stereocenters. The Morgan fingerprint density at radius 2 is 2.11 bits per heavy atom. The maximum absolute atomic E-state index is 11.8. The molecule has 0 heterocycles. The van der Waals surface area contributed by atoms with Gasteiger partial charge in [0.05, 0.1) is 12.1 Å². The molecule has 0 spiro atoms. The van der Waals surface area contributed by atoms with Crippen LogP contribution in [-0.4, -0.2) is 24.1 Å². The third-order valence-electron chi connectivity index (χ3n) is 3.00. The highest BCUT2D eigenvalue weighted by atomic mass is 35.5. The second-order valence-corrected chi connectivity index (χ2v) is 4.60. The minimum atomic E-state index is -1.26. The number of benzene rings is 1. The normalized spacial score (nSPS) is 15.9. The van der Waals surface area contributed by atoms with Crippen molar-refractivity contribution in [2.24, 2.45) is 5.41 Å². The highest BCUT2D eigenvalue weighted by Crippen LogP contribution is 2.46. The smallest absolute Gasteiger partial charge is 0.319 e. The van der Waals surface area contributed by atoms with Crippen molar-refractivity contribution in [3.05, 3.63) is 23.2 Å². The first-order chi connectivity index (χ1) is 8.49. The molecule has 1 saturated carbocycles. The molecule has 1 fully saturated rings. The summed E-state index contributed by atoms with van der Waals surface area (Å²) < 4.78 is 4.98. The van der Waals surface area contributed by atoms with Gasteiger partial charge in [-0.1, -0.05) is 11.6 Å². The zero-order valence-corrected chi connectivity index (χ0v) is 10.5. The van der Waals surface area contributed by atoms with Crippen LogP contribution in [0.5, 0.6) is 5.75 Å². The monoisotopic (exact) mass is 269 g/mol. The van der Waals surface area contributed by atoms with E-state index in [4.69, 9.17) is 21.4 Å². The van der Waals surface area contributed by atoms with Crippen LogP contribution in [0.15, 0.2) is 18.2 Å². The fraction of sp³-hybridized carbons (Fsp3) is 0.333. The highest BCUT2D eigenvalue weighted by molar-refractivity contribution is 6.32. The molecule has 2 N–H and O–H groups in total. The molecule has 1 aliphatic carbocycles. The minimum absolute atomic E-state index is 0.357. The van der Waals surface area contributed by atoms with E-state index in [1.165, 1.54) is 13.2 Å². The van der Waals surface area contributed by atoms with E-state index >= 15 is 0 Å². The maximum Gasteiger partial charge on any atom is 0.319 e. The van der Waals surface area contributed by atoms with Crippen LogP contribution in [0.1, 0.15) is 12.8 Å². The number of methoxy groups -OCH3 is 1. The van der Waals surface area contributed by atoms with Crippen LogP contribution < -0.4 is 10.1 Å². The summed E-state index contributed by atoms with van der Waals surface area (Å²) in [6, 6.07) is 4.75. The second-order valence-electron chi connectivity index (χ2n) is 4.19. The Morgan fingerprint density at radius 3 is 2.56 bits per heavy atom. The lowest BCUT2D eigenvalue weighted by molar-refractivity contribution is -0.147. The Bertz CT molecular complexity index is 511. The van der Waals surface area contributed by atoms with Gasteiger partial charge in [-0.25, -0.2) is 0 Å². The number of carbonyl (C=O) groups is 2. The number of halogens is 1. The predicted octanol–water partition coefficient (Wildman–Crippen LogP) is 2.15. The fourth-order valence-corrected chi connectivity index (χ4v) is 1.92. The van der Waals surface area contributed by atoms with E-state index in [9.17, 15) is 9.59 Å². The van der Waals surface area contributed by atoms with Crippen molar-refractivity contribution < 1.29 is 19.4 Å². The van der Waals surface area contributed by atoms with Gasteiger partial charge in [-0.15, -0.1) is 0 Å². The second kappa shape index (κ2) is 4.49. The average molecular weight is 270 g/mol. The summed E-state index contributed by atoms with van der Waals surface area (Å²) >= 11 is 5.91. The molecule has 0 bridgehead atoms. The Morgan fingerprint density at radius 1 is 1.44 bits per heavy atom. The van der Waals surface area contributed by atoms with Gasteiger partial charge in [0.25, 0.3) is 0 Å².